The highest BCUT2D eigenvalue weighted by atomic mass is 32.2. The second kappa shape index (κ2) is 5.95. The van der Waals surface area contributed by atoms with Crippen LogP contribution in [0.2, 0.25) is 0 Å². The molecule has 0 amide bonds. The molecule has 0 aliphatic carbocycles. The molecule has 0 bridgehead atoms. The Bertz CT molecular complexity index is 801. The largest absolute Gasteiger partial charge is 0.477 e. The molecular weight excluding hydrogens is 312 g/mol. The third kappa shape index (κ3) is 3.81. The maximum absolute atomic E-state index is 12.0. The summed E-state index contributed by atoms with van der Waals surface area (Å²) in [7, 11) is -3.72. The number of nitriles is 1. The molecule has 1 aromatic carbocycles. The van der Waals surface area contributed by atoms with Crippen molar-refractivity contribution in [2.75, 3.05) is 4.72 Å². The molecule has 0 radical (unpaired) electrons. The second-order valence-corrected chi connectivity index (χ2v) is 6.78. The van der Waals surface area contributed by atoms with Gasteiger partial charge in [-0.1, -0.05) is 12.1 Å². The summed E-state index contributed by atoms with van der Waals surface area (Å²) in [4.78, 5) is 10.9. The van der Waals surface area contributed by atoms with E-state index >= 15 is 0 Å². The van der Waals surface area contributed by atoms with Crippen LogP contribution in [0.5, 0.6) is 0 Å². The van der Waals surface area contributed by atoms with Gasteiger partial charge in [0.15, 0.2) is 0 Å². The Morgan fingerprint density at radius 1 is 1.29 bits per heavy atom. The number of hydrogen-bond donors (Lipinski definition) is 2. The lowest BCUT2D eigenvalue weighted by molar-refractivity contribution is 0.0703. The van der Waals surface area contributed by atoms with Crippen LogP contribution in [0.25, 0.3) is 0 Å². The average Bonchev–Trinajstić information content (AvgIpc) is 2.86. The van der Waals surface area contributed by atoms with Gasteiger partial charge < -0.3 is 5.11 Å². The normalized spacial score (nSPS) is 10.8. The van der Waals surface area contributed by atoms with Crippen LogP contribution in [-0.4, -0.2) is 19.5 Å². The van der Waals surface area contributed by atoms with E-state index < -0.39 is 16.0 Å². The molecule has 0 atom stereocenters. The number of rotatable bonds is 5. The Labute approximate surface area is 125 Å². The zero-order chi connectivity index (χ0) is 15.5. The van der Waals surface area contributed by atoms with Gasteiger partial charge in [-0.3, -0.25) is 4.72 Å². The number of aromatic carboxylic acids is 1. The number of benzene rings is 1. The summed E-state index contributed by atoms with van der Waals surface area (Å²) >= 11 is 0.947. The first-order chi connectivity index (χ1) is 9.91. The van der Waals surface area contributed by atoms with Crippen molar-refractivity contribution in [2.45, 2.75) is 5.75 Å². The van der Waals surface area contributed by atoms with E-state index in [2.05, 4.69) is 4.72 Å². The average molecular weight is 322 g/mol. The number of sulfonamides is 1. The summed E-state index contributed by atoms with van der Waals surface area (Å²) in [5.41, 5.74) is 1.00. The van der Waals surface area contributed by atoms with Crippen molar-refractivity contribution in [3.63, 3.8) is 0 Å². The summed E-state index contributed by atoms with van der Waals surface area (Å²) in [5.74, 6) is -1.48. The molecule has 1 heterocycles. The summed E-state index contributed by atoms with van der Waals surface area (Å²) in [6.07, 6.45) is 0. The molecule has 0 fully saturated rings. The van der Waals surface area contributed by atoms with Gasteiger partial charge in [-0.2, -0.15) is 5.26 Å². The maximum atomic E-state index is 12.0. The van der Waals surface area contributed by atoms with Crippen molar-refractivity contribution in [3.05, 3.63) is 51.7 Å². The molecule has 0 saturated carbocycles. The van der Waals surface area contributed by atoms with Crippen molar-refractivity contribution in [1.29, 1.82) is 5.26 Å². The van der Waals surface area contributed by atoms with Crippen molar-refractivity contribution in [2.24, 2.45) is 0 Å². The van der Waals surface area contributed by atoms with Gasteiger partial charge in [-0.25, -0.2) is 13.2 Å². The first kappa shape index (κ1) is 15.0. The van der Waals surface area contributed by atoms with Crippen LogP contribution >= 0.6 is 11.3 Å². The zero-order valence-electron chi connectivity index (χ0n) is 10.6. The van der Waals surface area contributed by atoms with Crippen molar-refractivity contribution >= 4 is 33.0 Å². The van der Waals surface area contributed by atoms with Crippen LogP contribution in [-0.2, 0) is 15.8 Å². The lowest BCUT2D eigenvalue weighted by Crippen LogP contribution is -2.16. The third-order valence-corrected chi connectivity index (χ3v) is 4.71. The van der Waals surface area contributed by atoms with Gasteiger partial charge >= 0.3 is 5.97 Å². The highest BCUT2D eigenvalue weighted by molar-refractivity contribution is 7.91. The SMILES string of the molecule is N#Cc1ccc(CS(=O)(=O)Nc2ccsc2C(=O)O)cc1. The van der Waals surface area contributed by atoms with E-state index in [0.717, 1.165) is 11.3 Å². The molecule has 1 aromatic heterocycles. The molecule has 21 heavy (non-hydrogen) atoms. The Morgan fingerprint density at radius 3 is 2.52 bits per heavy atom. The minimum absolute atomic E-state index is 0.0566. The van der Waals surface area contributed by atoms with Crippen LogP contribution < -0.4 is 4.72 Å². The van der Waals surface area contributed by atoms with E-state index in [1.807, 2.05) is 6.07 Å². The van der Waals surface area contributed by atoms with E-state index in [0.29, 0.717) is 11.1 Å². The van der Waals surface area contributed by atoms with Gasteiger partial charge in [-0.15, -0.1) is 11.3 Å². The van der Waals surface area contributed by atoms with Crippen LogP contribution in [0, 0.1) is 11.3 Å². The van der Waals surface area contributed by atoms with Crippen LogP contribution in [0.15, 0.2) is 35.7 Å². The van der Waals surface area contributed by atoms with E-state index in [-0.39, 0.29) is 16.3 Å². The predicted octanol–water partition coefficient (Wildman–Crippen LogP) is 2.26. The van der Waals surface area contributed by atoms with E-state index in [9.17, 15) is 13.2 Å². The van der Waals surface area contributed by atoms with E-state index in [1.54, 1.807) is 12.1 Å². The highest BCUT2D eigenvalue weighted by Gasteiger charge is 2.18. The minimum atomic E-state index is -3.72. The second-order valence-electron chi connectivity index (χ2n) is 4.14. The number of hydrogen-bond acceptors (Lipinski definition) is 5. The summed E-state index contributed by atoms with van der Waals surface area (Å²) in [5, 5.41) is 19.1. The van der Waals surface area contributed by atoms with Gasteiger partial charge in [0, 0.05) is 0 Å². The van der Waals surface area contributed by atoms with Crippen molar-refractivity contribution < 1.29 is 18.3 Å². The van der Waals surface area contributed by atoms with E-state index in [4.69, 9.17) is 10.4 Å². The number of carboxylic acid groups (broad SMARTS) is 1. The van der Waals surface area contributed by atoms with Crippen molar-refractivity contribution in [1.82, 2.24) is 0 Å². The van der Waals surface area contributed by atoms with Gasteiger partial charge in [-0.05, 0) is 29.1 Å². The van der Waals surface area contributed by atoms with Gasteiger partial charge in [0.2, 0.25) is 10.0 Å². The predicted molar refractivity (Wildman–Crippen MR) is 78.7 cm³/mol. The monoisotopic (exact) mass is 322 g/mol. The van der Waals surface area contributed by atoms with Crippen LogP contribution in [0.4, 0.5) is 5.69 Å². The number of thiophene rings is 1. The molecular formula is C13H10N2O4S2. The fourth-order valence-corrected chi connectivity index (χ4v) is 3.61. The molecule has 0 saturated heterocycles. The first-order valence-corrected chi connectivity index (χ1v) is 8.25. The van der Waals surface area contributed by atoms with Gasteiger partial charge in [0.25, 0.3) is 0 Å². The Kier molecular flexibility index (Phi) is 4.26. The first-order valence-electron chi connectivity index (χ1n) is 5.71. The molecule has 0 aliphatic rings. The summed E-state index contributed by atoms with van der Waals surface area (Å²) in [6.45, 7) is 0. The molecule has 0 aliphatic heterocycles. The van der Waals surface area contributed by atoms with Crippen molar-refractivity contribution in [3.8, 4) is 6.07 Å². The molecule has 2 aromatic rings. The quantitative estimate of drug-likeness (QED) is 0.878. The Morgan fingerprint density at radius 2 is 1.95 bits per heavy atom. The fourth-order valence-electron chi connectivity index (χ4n) is 1.65. The lowest BCUT2D eigenvalue weighted by atomic mass is 10.2. The Balaban J connectivity index is 2.16. The molecule has 0 spiro atoms. The topological polar surface area (TPSA) is 107 Å². The smallest absolute Gasteiger partial charge is 0.348 e. The molecule has 0 unspecified atom stereocenters. The molecule has 6 nitrogen and oxygen atoms in total. The fraction of sp³-hybridized carbons (Fsp3) is 0.0769. The number of carbonyl (C=O) groups is 1. The third-order valence-electron chi connectivity index (χ3n) is 2.56. The maximum Gasteiger partial charge on any atom is 0.348 e. The molecule has 108 valence electrons. The van der Waals surface area contributed by atoms with Gasteiger partial charge in [0.1, 0.15) is 4.88 Å². The number of carboxylic acids is 1. The van der Waals surface area contributed by atoms with E-state index in [1.165, 1.54) is 23.6 Å². The molecule has 8 heteroatoms. The summed E-state index contributed by atoms with van der Waals surface area (Å²) in [6, 6.07) is 9.49. The molecule has 2 rings (SSSR count). The molecule has 2 N–H and O–H groups in total. The number of nitrogens with zero attached hydrogens (tertiary/aromatic N) is 1. The van der Waals surface area contributed by atoms with Crippen LogP contribution in [0.3, 0.4) is 0 Å². The summed E-state index contributed by atoms with van der Waals surface area (Å²) < 4.78 is 26.3. The lowest BCUT2D eigenvalue weighted by Gasteiger charge is -2.07. The minimum Gasteiger partial charge on any atom is -0.477 e. The Hall–Kier alpha value is -2.37. The zero-order valence-corrected chi connectivity index (χ0v) is 12.2. The number of anilines is 1. The standard InChI is InChI=1S/C13H10N2O4S2/c14-7-9-1-3-10(4-2-9)8-21(18,19)15-11-5-6-20-12(11)13(16)17/h1-6,15H,8H2,(H,16,17). The van der Waals surface area contributed by atoms with Crippen LogP contribution in [0.1, 0.15) is 20.8 Å². The highest BCUT2D eigenvalue weighted by Crippen LogP contribution is 2.24. The van der Waals surface area contributed by atoms with Gasteiger partial charge in [0.05, 0.1) is 23.1 Å². The number of nitrogens with one attached hydrogen (secondary N) is 1.